The second-order valence-electron chi connectivity index (χ2n) is 4.70. The molecule has 0 aliphatic carbocycles. The summed E-state index contributed by atoms with van der Waals surface area (Å²) < 4.78 is 13.1. The van der Waals surface area contributed by atoms with E-state index in [1.54, 1.807) is 19.2 Å². The minimum atomic E-state index is -0.457. The average molecular weight is 288 g/mol. The van der Waals surface area contributed by atoms with Crippen LogP contribution in [0.25, 0.3) is 0 Å². The first-order valence-electron chi connectivity index (χ1n) is 6.58. The number of amides is 1. The van der Waals surface area contributed by atoms with Gasteiger partial charge in [0.1, 0.15) is 11.6 Å². The second-order valence-corrected chi connectivity index (χ2v) is 4.70. The Labute approximate surface area is 122 Å². The van der Waals surface area contributed by atoms with Crippen LogP contribution in [-0.2, 0) is 13.1 Å². The van der Waals surface area contributed by atoms with Crippen molar-refractivity contribution in [2.45, 2.75) is 13.1 Å². The molecule has 0 saturated heterocycles. The molecule has 0 aromatic heterocycles. The predicted octanol–water partition coefficient (Wildman–Crippen LogP) is 2.18. The Morgan fingerprint density at radius 2 is 1.76 bits per heavy atom. The van der Waals surface area contributed by atoms with Gasteiger partial charge in [-0.05, 0) is 35.4 Å². The van der Waals surface area contributed by atoms with Crippen molar-refractivity contribution in [3.05, 3.63) is 65.0 Å². The summed E-state index contributed by atoms with van der Waals surface area (Å²) in [5.74, 6) is -0.659. The summed E-state index contributed by atoms with van der Waals surface area (Å²) in [6.45, 7) is 1.04. The second kappa shape index (κ2) is 6.85. The summed E-state index contributed by atoms with van der Waals surface area (Å²) in [6, 6.07) is 11.2. The van der Waals surface area contributed by atoms with Crippen LogP contribution in [0.3, 0.4) is 0 Å². The summed E-state index contributed by atoms with van der Waals surface area (Å²) in [4.78, 5) is 11.4. The molecule has 5 heteroatoms. The Balaban J connectivity index is 1.90. The van der Waals surface area contributed by atoms with E-state index in [1.807, 2.05) is 12.1 Å². The first-order valence-corrected chi connectivity index (χ1v) is 6.58. The number of carbonyl (C=O) groups is 1. The Morgan fingerprint density at radius 1 is 1.10 bits per heavy atom. The van der Waals surface area contributed by atoms with Gasteiger partial charge in [0.15, 0.2) is 0 Å². The zero-order chi connectivity index (χ0) is 15.2. The van der Waals surface area contributed by atoms with Crippen LogP contribution in [0.4, 0.5) is 4.39 Å². The quantitative estimate of drug-likeness (QED) is 0.790. The van der Waals surface area contributed by atoms with E-state index < -0.39 is 5.82 Å². The Kier molecular flexibility index (Phi) is 4.90. The predicted molar refractivity (Wildman–Crippen MR) is 78.4 cm³/mol. The first kappa shape index (κ1) is 15.0. The minimum absolute atomic E-state index is 0.0817. The van der Waals surface area contributed by atoms with Gasteiger partial charge in [-0.15, -0.1) is 0 Å². The zero-order valence-corrected chi connectivity index (χ0v) is 11.7. The van der Waals surface area contributed by atoms with Crippen molar-refractivity contribution in [2.75, 3.05) is 7.05 Å². The number of phenols is 1. The van der Waals surface area contributed by atoms with Crippen LogP contribution in [0.2, 0.25) is 0 Å². The van der Waals surface area contributed by atoms with Gasteiger partial charge in [0, 0.05) is 31.8 Å². The van der Waals surface area contributed by atoms with E-state index in [4.69, 9.17) is 0 Å². The zero-order valence-electron chi connectivity index (χ0n) is 11.7. The largest absolute Gasteiger partial charge is 0.508 e. The molecule has 2 aromatic carbocycles. The van der Waals surface area contributed by atoms with Crippen molar-refractivity contribution in [1.82, 2.24) is 10.6 Å². The lowest BCUT2D eigenvalue weighted by Gasteiger charge is -2.07. The fourth-order valence-corrected chi connectivity index (χ4v) is 2.00. The van der Waals surface area contributed by atoms with Gasteiger partial charge in [0.05, 0.1) is 0 Å². The highest BCUT2D eigenvalue weighted by atomic mass is 19.1. The van der Waals surface area contributed by atoms with Crippen LogP contribution >= 0.6 is 0 Å². The molecule has 0 heterocycles. The lowest BCUT2D eigenvalue weighted by molar-refractivity contribution is 0.0963. The number of nitrogens with one attached hydrogen (secondary N) is 2. The normalized spacial score (nSPS) is 10.4. The van der Waals surface area contributed by atoms with Crippen molar-refractivity contribution < 1.29 is 14.3 Å². The van der Waals surface area contributed by atoms with Crippen LogP contribution in [0.15, 0.2) is 42.5 Å². The Hall–Kier alpha value is -2.40. The highest BCUT2D eigenvalue weighted by Crippen LogP contribution is 2.14. The molecule has 3 N–H and O–H groups in total. The number of hydrogen-bond acceptors (Lipinski definition) is 3. The number of benzene rings is 2. The third kappa shape index (κ3) is 4.29. The Bertz CT molecular complexity index is 606. The molecule has 2 rings (SSSR count). The molecule has 0 atom stereocenters. The molecule has 21 heavy (non-hydrogen) atoms. The highest BCUT2D eigenvalue weighted by molar-refractivity contribution is 5.93. The van der Waals surface area contributed by atoms with Gasteiger partial charge in [-0.25, -0.2) is 4.39 Å². The minimum Gasteiger partial charge on any atom is -0.508 e. The van der Waals surface area contributed by atoms with E-state index in [1.165, 1.54) is 12.1 Å². The molecule has 4 nitrogen and oxygen atoms in total. The summed E-state index contributed by atoms with van der Waals surface area (Å²) in [7, 11) is 1.59. The summed E-state index contributed by atoms with van der Waals surface area (Å²) in [6.07, 6.45) is 0. The maximum Gasteiger partial charge on any atom is 0.251 e. The molecule has 1 amide bonds. The van der Waals surface area contributed by atoms with Crippen LogP contribution < -0.4 is 10.6 Å². The molecule has 0 aliphatic heterocycles. The van der Waals surface area contributed by atoms with Crippen molar-refractivity contribution in [3.63, 3.8) is 0 Å². The van der Waals surface area contributed by atoms with Gasteiger partial charge in [-0.1, -0.05) is 12.1 Å². The fraction of sp³-hybridized carbons (Fsp3) is 0.188. The monoisotopic (exact) mass is 288 g/mol. The van der Waals surface area contributed by atoms with E-state index in [0.29, 0.717) is 24.2 Å². The summed E-state index contributed by atoms with van der Waals surface area (Å²) in [5.41, 5.74) is 2.30. The van der Waals surface area contributed by atoms with Crippen molar-refractivity contribution in [3.8, 4) is 5.75 Å². The van der Waals surface area contributed by atoms with E-state index >= 15 is 0 Å². The third-order valence-corrected chi connectivity index (χ3v) is 3.04. The molecular formula is C16H17FN2O2. The van der Waals surface area contributed by atoms with Crippen molar-refractivity contribution >= 4 is 5.91 Å². The molecule has 0 unspecified atom stereocenters. The topological polar surface area (TPSA) is 61.4 Å². The van der Waals surface area contributed by atoms with E-state index in [-0.39, 0.29) is 11.7 Å². The molecule has 2 aromatic rings. The number of aromatic hydroxyl groups is 1. The number of phenolic OH excluding ortho intramolecular Hbond substituents is 1. The van der Waals surface area contributed by atoms with Crippen LogP contribution in [-0.4, -0.2) is 18.1 Å². The molecule has 0 saturated carbocycles. The van der Waals surface area contributed by atoms with E-state index in [0.717, 1.165) is 11.6 Å². The highest BCUT2D eigenvalue weighted by Gasteiger charge is 2.03. The van der Waals surface area contributed by atoms with Crippen LogP contribution in [0.5, 0.6) is 5.75 Å². The molecule has 0 aliphatic rings. The van der Waals surface area contributed by atoms with Gasteiger partial charge in [0.2, 0.25) is 0 Å². The third-order valence-electron chi connectivity index (χ3n) is 3.04. The molecule has 0 bridgehead atoms. The number of carbonyl (C=O) groups excluding carboxylic acids is 1. The summed E-state index contributed by atoms with van der Waals surface area (Å²) in [5, 5.41) is 15.0. The summed E-state index contributed by atoms with van der Waals surface area (Å²) >= 11 is 0. The van der Waals surface area contributed by atoms with Gasteiger partial charge in [0.25, 0.3) is 5.91 Å². The lowest BCUT2D eigenvalue weighted by Crippen LogP contribution is -2.18. The van der Waals surface area contributed by atoms with Crippen molar-refractivity contribution in [2.24, 2.45) is 0 Å². The Morgan fingerprint density at radius 3 is 2.38 bits per heavy atom. The number of halogens is 1. The molecular weight excluding hydrogens is 271 g/mol. The van der Waals surface area contributed by atoms with Crippen LogP contribution in [0, 0.1) is 5.82 Å². The SMILES string of the molecule is CNC(=O)c1ccc(CNCc2cc(O)cc(F)c2)cc1. The maximum absolute atomic E-state index is 13.1. The van der Waals surface area contributed by atoms with E-state index in [2.05, 4.69) is 10.6 Å². The molecule has 0 fully saturated rings. The van der Waals surface area contributed by atoms with Crippen molar-refractivity contribution in [1.29, 1.82) is 0 Å². The number of hydrogen-bond donors (Lipinski definition) is 3. The lowest BCUT2D eigenvalue weighted by atomic mass is 10.1. The van der Waals surface area contributed by atoms with Gasteiger partial charge in [-0.3, -0.25) is 4.79 Å². The standard InChI is InChI=1S/C16H17FN2O2/c1-18-16(21)13-4-2-11(3-5-13)9-19-10-12-6-14(17)8-15(20)7-12/h2-8,19-20H,9-10H2,1H3,(H,18,21). The average Bonchev–Trinajstić information content (AvgIpc) is 2.46. The first-order chi connectivity index (χ1) is 10.1. The molecule has 110 valence electrons. The maximum atomic E-state index is 13.1. The van der Waals surface area contributed by atoms with Crippen LogP contribution in [0.1, 0.15) is 21.5 Å². The fourth-order valence-electron chi connectivity index (χ4n) is 2.00. The molecule has 0 radical (unpaired) electrons. The number of rotatable bonds is 5. The van der Waals surface area contributed by atoms with E-state index in [9.17, 15) is 14.3 Å². The van der Waals surface area contributed by atoms with Gasteiger partial charge >= 0.3 is 0 Å². The smallest absolute Gasteiger partial charge is 0.251 e. The molecule has 0 spiro atoms. The van der Waals surface area contributed by atoms with Gasteiger partial charge < -0.3 is 15.7 Å². The van der Waals surface area contributed by atoms with Gasteiger partial charge in [-0.2, -0.15) is 0 Å².